The molecule has 0 spiro atoms. The highest BCUT2D eigenvalue weighted by Crippen LogP contribution is 2.44. The van der Waals surface area contributed by atoms with Crippen molar-refractivity contribution in [2.24, 2.45) is 0 Å². The predicted molar refractivity (Wildman–Crippen MR) is 221 cm³/mol. The number of aromatic hydroxyl groups is 3. The zero-order valence-corrected chi connectivity index (χ0v) is 34.2. The van der Waals surface area contributed by atoms with Crippen molar-refractivity contribution < 1.29 is 43.2 Å². The topological polar surface area (TPSA) is 198 Å². The number of fused-ring (bicyclic) bond motifs is 1. The summed E-state index contributed by atoms with van der Waals surface area (Å²) < 4.78 is 37.9. The number of phenolic OH excluding ortho intramolecular Hbond substituents is 3. The minimum atomic E-state index is -4.09. The van der Waals surface area contributed by atoms with Crippen LogP contribution in [0.2, 0.25) is 0 Å². The number of benzene rings is 4. The molecule has 0 fully saturated rings. The van der Waals surface area contributed by atoms with E-state index < -0.39 is 57.9 Å². The van der Waals surface area contributed by atoms with E-state index in [2.05, 4.69) is 34.1 Å². The molecular formula is C42H52N4O9S2. The summed E-state index contributed by atoms with van der Waals surface area (Å²) in [4.78, 5) is 29.9. The molecule has 4 aromatic rings. The Labute approximate surface area is 338 Å². The van der Waals surface area contributed by atoms with E-state index in [9.17, 15) is 38.4 Å². The summed E-state index contributed by atoms with van der Waals surface area (Å²) in [5, 5.41) is 45.7. The third kappa shape index (κ3) is 10.5. The van der Waals surface area contributed by atoms with Crippen LogP contribution in [0.25, 0.3) is 0 Å². The number of hydrogen-bond donors (Lipinski definition) is 7. The van der Waals surface area contributed by atoms with Crippen LogP contribution in [0.3, 0.4) is 0 Å². The minimum Gasteiger partial charge on any atom is -0.508 e. The summed E-state index contributed by atoms with van der Waals surface area (Å²) in [7, 11) is -4.09. The van der Waals surface area contributed by atoms with E-state index in [0.29, 0.717) is 35.5 Å². The fraction of sp³-hybridized carbons (Fsp3) is 0.381. The van der Waals surface area contributed by atoms with Gasteiger partial charge in [0.1, 0.15) is 22.4 Å². The number of carbonyl (C=O) groups excluding carboxylic acids is 2. The van der Waals surface area contributed by atoms with E-state index in [0.717, 1.165) is 31.4 Å². The molecular weight excluding hydrogens is 769 g/mol. The second kappa shape index (κ2) is 19.0. The van der Waals surface area contributed by atoms with Crippen molar-refractivity contribution in [1.82, 2.24) is 15.4 Å². The van der Waals surface area contributed by atoms with Crippen molar-refractivity contribution in [1.29, 1.82) is 0 Å². The number of amides is 2. The molecule has 13 nitrogen and oxygen atoms in total. The molecule has 3 atom stereocenters. The standard InChI is InChI=1S/C42H52N4O9S2/c1-5-7-20-42(21-8-6-2)26-46(30-12-10-9-11-13-30)32-23-36(56-4)35(24-37(32)57(53,54)45-42)55-25-38(50)44-39(28-14-17-31(47)18-15-28)41(52)43-27(3)40(51)29-16-19-33(48)34(49)22-29/h9-19,22-24,27,39-40,45,47-49,51H,5-8,20-21,25-26H2,1-4H3,(H,43,52)(H,44,50)/t27-,39?,40-/m0/s1. The third-order valence-electron chi connectivity index (χ3n) is 10.1. The molecule has 1 aliphatic rings. The number of sulfonamides is 1. The molecule has 1 unspecified atom stereocenters. The number of carbonyl (C=O) groups is 2. The molecule has 0 bridgehead atoms. The highest BCUT2D eigenvalue weighted by atomic mass is 32.2. The molecule has 1 heterocycles. The van der Waals surface area contributed by atoms with Crippen LogP contribution in [0.1, 0.15) is 82.6 Å². The molecule has 0 aromatic heterocycles. The maximum atomic E-state index is 14.4. The van der Waals surface area contributed by atoms with Gasteiger partial charge in [-0.1, -0.05) is 75.9 Å². The number of aliphatic hydroxyl groups is 1. The molecule has 1 aliphatic heterocycles. The van der Waals surface area contributed by atoms with Crippen molar-refractivity contribution >= 4 is 45.0 Å². The SMILES string of the molecule is CCCCC1(CCCC)CN(c2ccccc2)c2cc(SC)c(OCC(=O)NC(C(=O)N[C@@H](C)[C@H](O)c3ccc(O)c(O)c3)c3ccc(O)cc3)cc2S(=O)(=O)N1. The quantitative estimate of drug-likeness (QED) is 0.0451. The molecule has 0 saturated heterocycles. The van der Waals surface area contributed by atoms with Crippen molar-refractivity contribution in [3.63, 3.8) is 0 Å². The zero-order valence-electron chi connectivity index (χ0n) is 32.6. The smallest absolute Gasteiger partial charge is 0.258 e. The number of aliphatic hydroxyl groups excluding tert-OH is 1. The summed E-state index contributed by atoms with van der Waals surface area (Å²) in [6.45, 7) is 5.56. The van der Waals surface area contributed by atoms with Crippen LogP contribution in [0.4, 0.5) is 11.4 Å². The lowest BCUT2D eigenvalue weighted by Crippen LogP contribution is -2.53. The fourth-order valence-electron chi connectivity index (χ4n) is 6.96. The summed E-state index contributed by atoms with van der Waals surface area (Å²) in [6.07, 6.45) is 5.37. The van der Waals surface area contributed by atoms with Gasteiger partial charge in [-0.3, -0.25) is 9.59 Å². The number of nitrogens with zero attached hydrogens (tertiary/aromatic N) is 1. The largest absolute Gasteiger partial charge is 0.508 e. The van der Waals surface area contributed by atoms with Crippen LogP contribution in [0.5, 0.6) is 23.0 Å². The number of para-hydroxylation sites is 1. The molecule has 57 heavy (non-hydrogen) atoms. The molecule has 0 saturated carbocycles. The average Bonchev–Trinajstić information content (AvgIpc) is 3.29. The van der Waals surface area contributed by atoms with Gasteiger partial charge < -0.3 is 40.7 Å². The Bertz CT molecular complexity index is 2110. The van der Waals surface area contributed by atoms with E-state index in [1.807, 2.05) is 36.6 Å². The van der Waals surface area contributed by atoms with Gasteiger partial charge in [-0.25, -0.2) is 13.1 Å². The fourth-order valence-corrected chi connectivity index (χ4v) is 9.16. The van der Waals surface area contributed by atoms with Crippen LogP contribution in [0.15, 0.2) is 94.7 Å². The first-order valence-corrected chi connectivity index (χ1v) is 21.7. The van der Waals surface area contributed by atoms with E-state index in [1.54, 1.807) is 6.07 Å². The number of rotatable bonds is 17. The van der Waals surface area contributed by atoms with Gasteiger partial charge in [0.25, 0.3) is 5.91 Å². The van der Waals surface area contributed by atoms with Gasteiger partial charge in [-0.05, 0) is 79.6 Å². The number of unbranched alkanes of at least 4 members (excludes halogenated alkanes) is 2. The Morgan fingerprint density at radius 1 is 0.895 bits per heavy atom. The van der Waals surface area contributed by atoms with Crippen LogP contribution < -0.4 is 25.0 Å². The first kappa shape index (κ1) is 43.2. The number of phenols is 3. The highest BCUT2D eigenvalue weighted by molar-refractivity contribution is 7.98. The monoisotopic (exact) mass is 820 g/mol. The van der Waals surface area contributed by atoms with Gasteiger partial charge in [0.2, 0.25) is 15.9 Å². The zero-order chi connectivity index (χ0) is 41.3. The molecule has 306 valence electrons. The first-order chi connectivity index (χ1) is 27.2. The highest BCUT2D eigenvalue weighted by Gasteiger charge is 2.42. The lowest BCUT2D eigenvalue weighted by molar-refractivity contribution is -0.131. The first-order valence-electron chi connectivity index (χ1n) is 19.0. The Morgan fingerprint density at radius 2 is 1.54 bits per heavy atom. The second-order valence-electron chi connectivity index (χ2n) is 14.4. The molecule has 7 N–H and O–H groups in total. The second-order valence-corrected chi connectivity index (χ2v) is 16.9. The van der Waals surface area contributed by atoms with Gasteiger partial charge in [0.05, 0.1) is 28.3 Å². The number of nitrogens with one attached hydrogen (secondary N) is 3. The van der Waals surface area contributed by atoms with Gasteiger partial charge >= 0.3 is 0 Å². The third-order valence-corrected chi connectivity index (χ3v) is 12.4. The maximum Gasteiger partial charge on any atom is 0.258 e. The van der Waals surface area contributed by atoms with Gasteiger partial charge in [-0.2, -0.15) is 0 Å². The van der Waals surface area contributed by atoms with E-state index in [-0.39, 0.29) is 27.7 Å². The Hall–Kier alpha value is -4.96. The molecule has 0 radical (unpaired) electrons. The Morgan fingerprint density at radius 3 is 2.16 bits per heavy atom. The minimum absolute atomic E-state index is 0.0188. The van der Waals surface area contributed by atoms with Crippen molar-refractivity contribution in [3.05, 3.63) is 96.1 Å². The van der Waals surface area contributed by atoms with Gasteiger partial charge in [-0.15, -0.1) is 11.8 Å². The Kier molecular flexibility index (Phi) is 14.4. The van der Waals surface area contributed by atoms with E-state index in [1.165, 1.54) is 67.2 Å². The van der Waals surface area contributed by atoms with E-state index in [4.69, 9.17) is 4.74 Å². The lowest BCUT2D eigenvalue weighted by atomic mass is 9.87. The summed E-state index contributed by atoms with van der Waals surface area (Å²) in [5.41, 5.74) is 1.16. The Balaban J connectivity index is 1.42. The summed E-state index contributed by atoms with van der Waals surface area (Å²) in [5.74, 6) is -2.08. The number of thioether (sulfide) groups is 1. The average molecular weight is 821 g/mol. The molecule has 0 aliphatic carbocycles. The molecule has 2 amide bonds. The predicted octanol–water partition coefficient (Wildman–Crippen LogP) is 6.55. The van der Waals surface area contributed by atoms with Crippen LogP contribution in [-0.4, -0.2) is 71.6 Å². The van der Waals surface area contributed by atoms with Crippen LogP contribution >= 0.6 is 11.8 Å². The molecule has 5 rings (SSSR count). The lowest BCUT2D eigenvalue weighted by Gasteiger charge is -2.37. The van der Waals surface area contributed by atoms with Crippen LogP contribution in [-0.2, 0) is 19.6 Å². The number of ether oxygens (including phenoxy) is 1. The van der Waals surface area contributed by atoms with Crippen LogP contribution in [0, 0.1) is 0 Å². The molecule has 4 aromatic carbocycles. The summed E-state index contributed by atoms with van der Waals surface area (Å²) in [6, 6.07) is 20.2. The summed E-state index contributed by atoms with van der Waals surface area (Å²) >= 11 is 1.34. The molecule has 15 heteroatoms. The number of hydrogen-bond acceptors (Lipinski definition) is 11. The number of anilines is 2. The van der Waals surface area contributed by atoms with Crippen molar-refractivity contribution in [2.45, 2.75) is 92.8 Å². The van der Waals surface area contributed by atoms with Crippen molar-refractivity contribution in [3.8, 4) is 23.0 Å². The van der Waals surface area contributed by atoms with Crippen molar-refractivity contribution in [2.75, 3.05) is 24.3 Å². The van der Waals surface area contributed by atoms with E-state index >= 15 is 0 Å². The maximum absolute atomic E-state index is 14.4. The van der Waals surface area contributed by atoms with Gasteiger partial charge in [0, 0.05) is 18.3 Å². The van der Waals surface area contributed by atoms with Gasteiger partial charge in [0.15, 0.2) is 18.1 Å². The normalized spacial score (nSPS) is 16.1.